The molecule has 2 aliphatic rings. The number of hydrogen-bond donors (Lipinski definition) is 1. The summed E-state index contributed by atoms with van der Waals surface area (Å²) in [6, 6.07) is 7.23. The van der Waals surface area contributed by atoms with Crippen LogP contribution in [0, 0.1) is 11.8 Å². The summed E-state index contributed by atoms with van der Waals surface area (Å²) in [4.78, 5) is 18.7. The number of benzene rings is 1. The fourth-order valence-corrected chi connectivity index (χ4v) is 7.02. The van der Waals surface area contributed by atoms with E-state index in [0.717, 1.165) is 47.8 Å². The van der Waals surface area contributed by atoms with Crippen molar-refractivity contribution in [1.29, 1.82) is 0 Å². The van der Waals surface area contributed by atoms with Crippen molar-refractivity contribution in [2.24, 2.45) is 11.8 Å². The van der Waals surface area contributed by atoms with Gasteiger partial charge in [-0.3, -0.25) is 9.78 Å². The Labute approximate surface area is 212 Å². The maximum atomic E-state index is 15.4. The van der Waals surface area contributed by atoms with Crippen LogP contribution in [0.15, 0.2) is 30.5 Å². The minimum Gasteiger partial charge on any atom is -0.497 e. The van der Waals surface area contributed by atoms with Crippen LogP contribution in [-0.2, 0) is 4.79 Å². The molecule has 0 radical (unpaired) electrons. The number of rotatable bonds is 11. The van der Waals surface area contributed by atoms with Crippen LogP contribution >= 0.6 is 11.8 Å². The summed E-state index contributed by atoms with van der Waals surface area (Å²) in [5, 5.41) is 11.5. The van der Waals surface area contributed by atoms with Crippen LogP contribution < -0.4 is 4.74 Å². The van der Waals surface area contributed by atoms with Crippen LogP contribution in [-0.4, -0.2) is 58.7 Å². The van der Waals surface area contributed by atoms with Gasteiger partial charge < -0.3 is 14.7 Å². The molecule has 0 unspecified atom stereocenters. The lowest BCUT2D eigenvalue weighted by atomic mass is 9.81. The number of carboxylic acid groups (broad SMARTS) is 1. The van der Waals surface area contributed by atoms with Gasteiger partial charge in [0.15, 0.2) is 0 Å². The molecule has 1 saturated carbocycles. The molecule has 2 aromatic rings. The fourth-order valence-electron chi connectivity index (χ4n) is 5.73. The number of carboxylic acids is 1. The zero-order valence-corrected chi connectivity index (χ0v) is 21.6. The van der Waals surface area contributed by atoms with Crippen LogP contribution in [0.2, 0.25) is 0 Å². The highest BCUT2D eigenvalue weighted by molar-refractivity contribution is 7.99. The molecule has 2 fully saturated rings. The van der Waals surface area contributed by atoms with E-state index in [4.69, 9.17) is 4.74 Å². The molecule has 192 valence electrons. The number of hydrogen-bond acceptors (Lipinski definition) is 5. The highest BCUT2D eigenvalue weighted by Crippen LogP contribution is 2.35. The number of fused-ring (bicyclic) bond motifs is 1. The van der Waals surface area contributed by atoms with Gasteiger partial charge >= 0.3 is 5.97 Å². The van der Waals surface area contributed by atoms with E-state index in [1.807, 2.05) is 18.2 Å². The molecule has 4 rings (SSSR count). The molecular weight excluding hydrogens is 463 g/mol. The molecule has 0 bridgehead atoms. The van der Waals surface area contributed by atoms with Gasteiger partial charge in [-0.25, -0.2) is 4.39 Å². The molecule has 1 aromatic heterocycles. The topological polar surface area (TPSA) is 62.7 Å². The molecule has 7 heteroatoms. The van der Waals surface area contributed by atoms with E-state index in [1.165, 1.54) is 32.1 Å². The van der Waals surface area contributed by atoms with Crippen molar-refractivity contribution < 1.29 is 19.0 Å². The van der Waals surface area contributed by atoms with Crippen LogP contribution in [0.3, 0.4) is 0 Å². The zero-order valence-electron chi connectivity index (χ0n) is 20.8. The molecule has 1 saturated heterocycles. The van der Waals surface area contributed by atoms with E-state index >= 15 is 4.39 Å². The van der Waals surface area contributed by atoms with Crippen molar-refractivity contribution in [2.75, 3.05) is 32.5 Å². The minimum absolute atomic E-state index is 0.0150. The first-order chi connectivity index (χ1) is 17.0. The zero-order chi connectivity index (χ0) is 24.6. The van der Waals surface area contributed by atoms with Crippen LogP contribution in [0.5, 0.6) is 5.75 Å². The predicted octanol–water partition coefficient (Wildman–Crippen LogP) is 6.51. The Kier molecular flexibility index (Phi) is 9.67. The van der Waals surface area contributed by atoms with E-state index in [1.54, 1.807) is 19.4 Å². The highest BCUT2D eigenvalue weighted by Gasteiger charge is 2.34. The van der Waals surface area contributed by atoms with Crippen LogP contribution in [0.1, 0.15) is 69.5 Å². The fraction of sp³-hybridized carbons (Fsp3) is 0.643. The third kappa shape index (κ3) is 7.10. The van der Waals surface area contributed by atoms with Crippen molar-refractivity contribution in [3.63, 3.8) is 0 Å². The number of thioether (sulfide) groups is 1. The van der Waals surface area contributed by atoms with Gasteiger partial charge in [-0.15, -0.1) is 0 Å². The molecular formula is C28H39FN2O3S. The molecule has 5 nitrogen and oxygen atoms in total. The Hall–Kier alpha value is -1.86. The standard InChI is InChI=1S/C28H39FN2O3S/c1-34-21-9-11-27-24(18-21)23(12-14-30-27)26(29)10-8-20-13-16-31(19-25(20)28(32)33)15-5-17-35-22-6-3-2-4-7-22/h9,11-12,14,18,20,22,25-26H,2-8,10,13,15-17,19H2,1H3,(H,32,33)/t20-,25+,26-/m1/s1. The lowest BCUT2D eigenvalue weighted by Gasteiger charge is -2.37. The number of piperidine rings is 1. The normalized spacial score (nSPS) is 22.8. The number of likely N-dealkylation sites (tertiary alicyclic amines) is 1. The van der Waals surface area contributed by atoms with Crippen LogP contribution in [0.25, 0.3) is 10.9 Å². The number of methoxy groups -OCH3 is 1. The van der Waals surface area contributed by atoms with Gasteiger partial charge in [0.2, 0.25) is 0 Å². The van der Waals surface area contributed by atoms with E-state index in [9.17, 15) is 9.90 Å². The van der Waals surface area contributed by atoms with Gasteiger partial charge in [-0.05, 0) is 93.1 Å². The largest absolute Gasteiger partial charge is 0.497 e. The van der Waals surface area contributed by atoms with Crippen molar-refractivity contribution >= 4 is 28.6 Å². The first-order valence-corrected chi connectivity index (χ1v) is 14.2. The molecule has 35 heavy (non-hydrogen) atoms. The Balaban J connectivity index is 1.28. The van der Waals surface area contributed by atoms with Crippen LogP contribution in [0.4, 0.5) is 4.39 Å². The number of halogens is 1. The summed E-state index contributed by atoms with van der Waals surface area (Å²) < 4.78 is 20.7. The van der Waals surface area contributed by atoms with Crippen molar-refractivity contribution in [3.8, 4) is 5.75 Å². The number of carbonyl (C=O) groups is 1. The quantitative estimate of drug-likeness (QED) is 0.353. The molecule has 1 aliphatic carbocycles. The number of ether oxygens (including phenoxy) is 1. The summed E-state index contributed by atoms with van der Waals surface area (Å²) in [5.41, 5.74) is 1.35. The molecule has 1 aromatic carbocycles. The SMILES string of the molecule is COc1ccc2nccc([C@H](F)CC[C@@H]3CCN(CCCSC4CCCCC4)C[C@@H]3C(=O)O)c2c1. The molecule has 1 N–H and O–H groups in total. The molecule has 2 heterocycles. The average molecular weight is 503 g/mol. The maximum absolute atomic E-state index is 15.4. The second-order valence-electron chi connectivity index (χ2n) is 10.1. The smallest absolute Gasteiger partial charge is 0.308 e. The second kappa shape index (κ2) is 12.9. The predicted molar refractivity (Wildman–Crippen MR) is 141 cm³/mol. The van der Waals surface area contributed by atoms with E-state index in [-0.39, 0.29) is 5.92 Å². The van der Waals surface area contributed by atoms with Gasteiger partial charge in [0, 0.05) is 23.4 Å². The first-order valence-electron chi connectivity index (χ1n) is 13.2. The third-order valence-corrected chi connectivity index (χ3v) is 9.26. The van der Waals surface area contributed by atoms with Gasteiger partial charge in [0.05, 0.1) is 18.5 Å². The third-order valence-electron chi connectivity index (χ3n) is 7.79. The van der Waals surface area contributed by atoms with Crippen molar-refractivity contribution in [3.05, 3.63) is 36.0 Å². The first kappa shape index (κ1) is 26.2. The Morgan fingerprint density at radius 3 is 2.86 bits per heavy atom. The summed E-state index contributed by atoms with van der Waals surface area (Å²) in [5.74, 6) is 0.689. The lowest BCUT2D eigenvalue weighted by Crippen LogP contribution is -2.44. The highest BCUT2D eigenvalue weighted by atomic mass is 32.2. The van der Waals surface area contributed by atoms with Crippen molar-refractivity contribution in [2.45, 2.75) is 69.2 Å². The Bertz CT molecular complexity index is 968. The van der Waals surface area contributed by atoms with Gasteiger partial charge in [-0.2, -0.15) is 11.8 Å². The molecule has 3 atom stereocenters. The second-order valence-corrected chi connectivity index (χ2v) is 11.5. The Morgan fingerprint density at radius 2 is 2.09 bits per heavy atom. The minimum atomic E-state index is -1.16. The summed E-state index contributed by atoms with van der Waals surface area (Å²) in [6.07, 6.45) is 10.2. The number of pyridine rings is 1. The monoisotopic (exact) mass is 502 g/mol. The number of nitrogens with zero attached hydrogens (tertiary/aromatic N) is 2. The summed E-state index contributed by atoms with van der Waals surface area (Å²) >= 11 is 2.11. The summed E-state index contributed by atoms with van der Waals surface area (Å²) in [6.45, 7) is 2.46. The molecule has 1 aliphatic heterocycles. The molecule has 0 amide bonds. The van der Waals surface area contributed by atoms with Gasteiger partial charge in [0.1, 0.15) is 11.9 Å². The van der Waals surface area contributed by atoms with Gasteiger partial charge in [-0.1, -0.05) is 19.3 Å². The number of alkyl halides is 1. The number of aromatic nitrogens is 1. The number of aliphatic carboxylic acids is 1. The average Bonchev–Trinajstić information content (AvgIpc) is 2.89. The van der Waals surface area contributed by atoms with Crippen molar-refractivity contribution in [1.82, 2.24) is 9.88 Å². The van der Waals surface area contributed by atoms with E-state index in [0.29, 0.717) is 30.7 Å². The maximum Gasteiger partial charge on any atom is 0.308 e. The van der Waals surface area contributed by atoms with Gasteiger partial charge in [0.25, 0.3) is 0 Å². The van der Waals surface area contributed by atoms with E-state index < -0.39 is 18.1 Å². The van der Waals surface area contributed by atoms with E-state index in [2.05, 4.69) is 21.6 Å². The summed E-state index contributed by atoms with van der Waals surface area (Å²) in [7, 11) is 1.60. The lowest BCUT2D eigenvalue weighted by molar-refractivity contribution is -0.146. The molecule has 0 spiro atoms. The Morgan fingerprint density at radius 1 is 1.26 bits per heavy atom.